The maximum atomic E-state index is 13.0. The molecule has 1 aliphatic rings. The van der Waals surface area contributed by atoms with Crippen LogP contribution in [0.5, 0.6) is 0 Å². The third-order valence-electron chi connectivity index (χ3n) is 4.53. The molecule has 1 fully saturated rings. The quantitative estimate of drug-likeness (QED) is 0.699. The average Bonchev–Trinajstić information content (AvgIpc) is 3.22. The number of carbonyl (C=O) groups is 2. The van der Waals surface area contributed by atoms with Gasteiger partial charge in [-0.1, -0.05) is 22.8 Å². The number of hydrogen-bond donors (Lipinski definition) is 1. The van der Waals surface area contributed by atoms with Crippen molar-refractivity contribution in [2.45, 2.75) is 19.0 Å². The van der Waals surface area contributed by atoms with Crippen molar-refractivity contribution in [3.8, 4) is 11.3 Å². The molecule has 0 saturated carbocycles. The zero-order valence-corrected chi connectivity index (χ0v) is 15.1. The number of halogens is 1. The molecule has 136 valence electrons. The van der Waals surface area contributed by atoms with Crippen molar-refractivity contribution in [3.63, 3.8) is 0 Å². The van der Waals surface area contributed by atoms with E-state index in [2.05, 4.69) is 15.5 Å². The SMILES string of the molecule is C[C@]1(c2ccccn2)NC(=O)N(Cc2cnoc2-c2ccc(Cl)cc2)C1=O. The van der Waals surface area contributed by atoms with Gasteiger partial charge >= 0.3 is 6.03 Å². The lowest BCUT2D eigenvalue weighted by atomic mass is 9.97. The molecule has 1 saturated heterocycles. The van der Waals surface area contributed by atoms with Gasteiger partial charge in [0.2, 0.25) is 0 Å². The standard InChI is InChI=1S/C19H15ClN4O3/c1-19(15-4-2-3-9-21-15)17(25)24(18(26)23-19)11-13-10-22-27-16(13)12-5-7-14(20)8-6-12/h2-10H,11H2,1H3,(H,23,26)/t19-/m1/s1. The van der Waals surface area contributed by atoms with Crippen molar-refractivity contribution in [1.29, 1.82) is 0 Å². The number of imide groups is 1. The molecular formula is C19H15ClN4O3. The van der Waals surface area contributed by atoms with Crippen LogP contribution in [0.1, 0.15) is 18.2 Å². The van der Waals surface area contributed by atoms with Crippen molar-refractivity contribution in [1.82, 2.24) is 20.4 Å². The van der Waals surface area contributed by atoms with Gasteiger partial charge in [0.25, 0.3) is 5.91 Å². The second-order valence-electron chi connectivity index (χ2n) is 6.35. The van der Waals surface area contributed by atoms with Crippen molar-refractivity contribution >= 4 is 23.5 Å². The summed E-state index contributed by atoms with van der Waals surface area (Å²) in [6.07, 6.45) is 3.09. The Kier molecular flexibility index (Phi) is 4.16. The van der Waals surface area contributed by atoms with Gasteiger partial charge in [0.1, 0.15) is 0 Å². The van der Waals surface area contributed by atoms with Crippen LogP contribution in [0.4, 0.5) is 4.79 Å². The molecule has 1 aromatic carbocycles. The van der Waals surface area contributed by atoms with Crippen LogP contribution in [0, 0.1) is 0 Å². The van der Waals surface area contributed by atoms with E-state index in [0.29, 0.717) is 22.0 Å². The fraction of sp³-hybridized carbons (Fsp3) is 0.158. The lowest BCUT2D eigenvalue weighted by molar-refractivity contribution is -0.131. The molecule has 0 radical (unpaired) electrons. The minimum Gasteiger partial charge on any atom is -0.356 e. The zero-order chi connectivity index (χ0) is 19.0. The summed E-state index contributed by atoms with van der Waals surface area (Å²) in [7, 11) is 0. The fourth-order valence-corrected chi connectivity index (χ4v) is 3.18. The number of nitrogens with one attached hydrogen (secondary N) is 1. The molecule has 0 spiro atoms. The molecule has 0 aliphatic carbocycles. The van der Waals surface area contributed by atoms with E-state index in [1.807, 2.05) is 0 Å². The van der Waals surface area contributed by atoms with Gasteiger partial charge in [0.05, 0.1) is 18.4 Å². The minimum atomic E-state index is -1.21. The van der Waals surface area contributed by atoms with Gasteiger partial charge in [-0.05, 0) is 43.3 Å². The van der Waals surface area contributed by atoms with Gasteiger partial charge in [-0.25, -0.2) is 4.79 Å². The van der Waals surface area contributed by atoms with Gasteiger partial charge in [-0.3, -0.25) is 14.7 Å². The number of hydrogen-bond acceptors (Lipinski definition) is 5. The summed E-state index contributed by atoms with van der Waals surface area (Å²) in [4.78, 5) is 30.8. The summed E-state index contributed by atoms with van der Waals surface area (Å²) >= 11 is 5.92. The molecule has 3 heterocycles. The zero-order valence-electron chi connectivity index (χ0n) is 14.3. The Hall–Kier alpha value is -3.19. The Morgan fingerprint density at radius 3 is 2.67 bits per heavy atom. The van der Waals surface area contributed by atoms with Crippen LogP contribution in [-0.4, -0.2) is 27.0 Å². The summed E-state index contributed by atoms with van der Waals surface area (Å²) in [5.74, 6) is 0.105. The van der Waals surface area contributed by atoms with Gasteiger partial charge in [-0.15, -0.1) is 0 Å². The van der Waals surface area contributed by atoms with Crippen LogP contribution in [0.2, 0.25) is 5.02 Å². The fourth-order valence-electron chi connectivity index (χ4n) is 3.05. The number of nitrogens with zero attached hydrogens (tertiary/aromatic N) is 3. The van der Waals surface area contributed by atoms with Gasteiger partial charge in [0.15, 0.2) is 11.3 Å². The normalized spacial score (nSPS) is 19.4. The smallest absolute Gasteiger partial charge is 0.325 e. The van der Waals surface area contributed by atoms with Crippen LogP contribution >= 0.6 is 11.6 Å². The highest BCUT2D eigenvalue weighted by molar-refractivity contribution is 6.30. The summed E-state index contributed by atoms with van der Waals surface area (Å²) in [5, 5.41) is 7.15. The summed E-state index contributed by atoms with van der Waals surface area (Å²) in [6, 6.07) is 11.8. The molecular weight excluding hydrogens is 368 g/mol. The number of rotatable bonds is 4. The number of pyridine rings is 1. The highest BCUT2D eigenvalue weighted by Crippen LogP contribution is 2.31. The third kappa shape index (κ3) is 2.96. The topological polar surface area (TPSA) is 88.3 Å². The highest BCUT2D eigenvalue weighted by atomic mass is 35.5. The first kappa shape index (κ1) is 17.2. The van der Waals surface area contributed by atoms with Crippen LogP contribution in [0.3, 0.4) is 0 Å². The van der Waals surface area contributed by atoms with Crippen molar-refractivity contribution in [2.75, 3.05) is 0 Å². The molecule has 8 heteroatoms. The minimum absolute atomic E-state index is 0.0363. The number of amides is 3. The molecule has 4 rings (SSSR count). The molecule has 0 unspecified atom stereocenters. The number of carbonyl (C=O) groups excluding carboxylic acids is 2. The molecule has 1 atom stereocenters. The highest BCUT2D eigenvalue weighted by Gasteiger charge is 2.50. The maximum Gasteiger partial charge on any atom is 0.325 e. The van der Waals surface area contributed by atoms with Gasteiger partial charge in [-0.2, -0.15) is 0 Å². The van der Waals surface area contributed by atoms with E-state index in [4.69, 9.17) is 16.1 Å². The Bertz CT molecular complexity index is 1000. The second kappa shape index (κ2) is 6.51. The maximum absolute atomic E-state index is 13.0. The van der Waals surface area contributed by atoms with Gasteiger partial charge < -0.3 is 9.84 Å². The number of urea groups is 1. The molecule has 7 nitrogen and oxygen atoms in total. The van der Waals surface area contributed by atoms with Crippen LogP contribution in [-0.2, 0) is 16.9 Å². The van der Waals surface area contributed by atoms with E-state index in [-0.39, 0.29) is 12.5 Å². The van der Waals surface area contributed by atoms with Gasteiger partial charge in [0, 0.05) is 22.3 Å². The van der Waals surface area contributed by atoms with Crippen LogP contribution < -0.4 is 5.32 Å². The average molecular weight is 383 g/mol. The van der Waals surface area contributed by atoms with Crippen LogP contribution in [0.15, 0.2) is 59.4 Å². The lowest BCUT2D eigenvalue weighted by Crippen LogP contribution is -2.41. The second-order valence-corrected chi connectivity index (χ2v) is 6.78. The van der Waals surface area contributed by atoms with E-state index >= 15 is 0 Å². The molecule has 1 N–H and O–H groups in total. The van der Waals surface area contributed by atoms with Crippen LogP contribution in [0.25, 0.3) is 11.3 Å². The summed E-state index contributed by atoms with van der Waals surface area (Å²) in [6.45, 7) is 1.68. The first-order valence-corrected chi connectivity index (χ1v) is 8.62. The van der Waals surface area contributed by atoms with E-state index in [1.54, 1.807) is 55.6 Å². The van der Waals surface area contributed by atoms with E-state index in [1.165, 1.54) is 6.20 Å². The number of aromatic nitrogens is 2. The van der Waals surface area contributed by atoms with Crippen molar-refractivity contribution in [2.24, 2.45) is 0 Å². The Morgan fingerprint density at radius 2 is 1.96 bits per heavy atom. The predicted molar refractivity (Wildman–Crippen MR) is 97.6 cm³/mol. The summed E-state index contributed by atoms with van der Waals surface area (Å²) < 4.78 is 5.33. The Labute approximate surface area is 159 Å². The lowest BCUT2D eigenvalue weighted by Gasteiger charge is -2.20. The first-order valence-electron chi connectivity index (χ1n) is 8.24. The third-order valence-corrected chi connectivity index (χ3v) is 4.78. The summed E-state index contributed by atoms with van der Waals surface area (Å²) in [5.41, 5.74) is 0.641. The Morgan fingerprint density at radius 1 is 1.19 bits per heavy atom. The predicted octanol–water partition coefficient (Wildman–Crippen LogP) is 3.36. The molecule has 1 aliphatic heterocycles. The van der Waals surface area contributed by atoms with E-state index < -0.39 is 11.6 Å². The largest absolute Gasteiger partial charge is 0.356 e. The van der Waals surface area contributed by atoms with E-state index in [9.17, 15) is 9.59 Å². The molecule has 2 aromatic heterocycles. The van der Waals surface area contributed by atoms with Crippen molar-refractivity contribution < 1.29 is 14.1 Å². The molecule has 3 aromatic rings. The van der Waals surface area contributed by atoms with Crippen molar-refractivity contribution in [3.05, 3.63) is 71.1 Å². The first-order chi connectivity index (χ1) is 13.0. The molecule has 0 bridgehead atoms. The monoisotopic (exact) mass is 382 g/mol. The number of benzene rings is 1. The molecule has 27 heavy (non-hydrogen) atoms. The molecule has 3 amide bonds. The Balaban J connectivity index is 1.63. The van der Waals surface area contributed by atoms with E-state index in [0.717, 1.165) is 10.5 Å².